The Hall–Kier alpha value is -3.42. The molecule has 0 radical (unpaired) electrons. The van der Waals surface area contributed by atoms with Crippen molar-refractivity contribution < 1.29 is 8.42 Å². The predicted octanol–water partition coefficient (Wildman–Crippen LogP) is 2.61. The highest BCUT2D eigenvalue weighted by atomic mass is 32.2. The molecule has 3 fully saturated rings. The van der Waals surface area contributed by atoms with E-state index in [-0.39, 0.29) is 16.1 Å². The number of hydrogen-bond donors (Lipinski definition) is 2. The molecule has 9 nitrogen and oxygen atoms in total. The Kier molecular flexibility index (Phi) is 4.51. The fourth-order valence-corrected chi connectivity index (χ4v) is 6.29. The van der Waals surface area contributed by atoms with Crippen LogP contribution in [0.1, 0.15) is 31.2 Å². The Morgan fingerprint density at radius 1 is 1.16 bits per heavy atom. The van der Waals surface area contributed by atoms with Gasteiger partial charge in [-0.1, -0.05) is 6.07 Å². The molecule has 2 heterocycles. The topological polar surface area (TPSA) is 148 Å². The van der Waals surface area contributed by atoms with Crippen molar-refractivity contribution in [2.24, 2.45) is 5.41 Å². The molecule has 3 N–H and O–H groups in total. The average Bonchev–Trinajstić information content (AvgIpc) is 3.30. The summed E-state index contributed by atoms with van der Waals surface area (Å²) in [5.74, 6) is 0.531. The second-order valence-corrected chi connectivity index (χ2v) is 10.4. The van der Waals surface area contributed by atoms with E-state index in [1.807, 2.05) is 6.92 Å². The summed E-state index contributed by atoms with van der Waals surface area (Å²) in [6.07, 6.45) is 7.24. The van der Waals surface area contributed by atoms with Gasteiger partial charge in [0.05, 0.1) is 28.3 Å². The van der Waals surface area contributed by atoms with Gasteiger partial charge in [-0.15, -0.1) is 0 Å². The van der Waals surface area contributed by atoms with Crippen LogP contribution in [0.3, 0.4) is 0 Å². The van der Waals surface area contributed by atoms with Crippen molar-refractivity contribution in [2.45, 2.75) is 43.0 Å². The van der Waals surface area contributed by atoms with Gasteiger partial charge in [0.25, 0.3) is 0 Å². The predicted molar refractivity (Wildman–Crippen MR) is 117 cm³/mol. The molecule has 0 spiro atoms. The second-order valence-electron chi connectivity index (χ2n) is 8.67. The van der Waals surface area contributed by atoms with E-state index < -0.39 is 15.6 Å². The number of nitriles is 1. The van der Waals surface area contributed by atoms with Gasteiger partial charge in [0.2, 0.25) is 10.0 Å². The molecule has 10 heteroatoms. The van der Waals surface area contributed by atoms with Crippen LogP contribution < -0.4 is 10.5 Å². The van der Waals surface area contributed by atoms with Crippen LogP contribution in [0, 0.1) is 23.7 Å². The maximum absolute atomic E-state index is 13.2. The average molecular weight is 448 g/mol. The van der Waals surface area contributed by atoms with Gasteiger partial charge < -0.3 is 5.73 Å². The van der Waals surface area contributed by atoms with Crippen molar-refractivity contribution in [1.82, 2.24) is 24.7 Å². The van der Waals surface area contributed by atoms with Gasteiger partial charge in [-0.25, -0.2) is 33.1 Å². The standard InChI is InChI=1S/C22H21N7O2S/c1-14-3-4-15(32(30,31)29-22-6-5-21(11-22,12-22)13-23)9-16(14)17-10-27-19(24)18(28-17)20-25-7-2-8-26-20/h2-4,7-10,29H,5-6,11-12H2,1H3,(H2,24,27). The normalized spacial score (nSPS) is 24.0. The number of sulfonamides is 1. The maximum atomic E-state index is 13.2. The number of hydrogen-bond acceptors (Lipinski definition) is 8. The van der Waals surface area contributed by atoms with E-state index in [4.69, 9.17) is 5.73 Å². The summed E-state index contributed by atoms with van der Waals surface area (Å²) in [4.78, 5) is 17.3. The minimum Gasteiger partial charge on any atom is -0.382 e. The zero-order valence-electron chi connectivity index (χ0n) is 17.4. The quantitative estimate of drug-likeness (QED) is 0.606. The first-order chi connectivity index (χ1) is 15.2. The van der Waals surface area contributed by atoms with Gasteiger partial charge >= 0.3 is 0 Å². The molecule has 3 aliphatic rings. The molecule has 6 rings (SSSR count). The molecule has 1 aromatic carbocycles. The van der Waals surface area contributed by atoms with Crippen LogP contribution in [0.15, 0.2) is 47.8 Å². The number of benzene rings is 1. The van der Waals surface area contributed by atoms with Crippen LogP contribution in [0.2, 0.25) is 0 Å². The fourth-order valence-electron chi connectivity index (χ4n) is 4.84. The molecule has 0 amide bonds. The zero-order chi connectivity index (χ0) is 22.6. The maximum Gasteiger partial charge on any atom is 0.241 e. The lowest BCUT2D eigenvalue weighted by molar-refractivity contribution is 0.161. The number of fused-ring (bicyclic) bond motifs is 1. The first-order valence-corrected chi connectivity index (χ1v) is 11.7. The summed E-state index contributed by atoms with van der Waals surface area (Å²) >= 11 is 0. The summed E-state index contributed by atoms with van der Waals surface area (Å²) < 4.78 is 29.2. The van der Waals surface area contributed by atoms with E-state index in [0.717, 1.165) is 12.0 Å². The van der Waals surface area contributed by atoms with Gasteiger partial charge in [-0.05, 0) is 56.4 Å². The lowest BCUT2D eigenvalue weighted by atomic mass is 9.66. The Morgan fingerprint density at radius 3 is 2.59 bits per heavy atom. The minimum atomic E-state index is -3.77. The molecule has 0 atom stereocenters. The van der Waals surface area contributed by atoms with Crippen LogP contribution in [-0.4, -0.2) is 33.9 Å². The summed E-state index contributed by atoms with van der Waals surface area (Å²) in [5, 5.41) is 9.35. The Balaban J connectivity index is 1.50. The first-order valence-electron chi connectivity index (χ1n) is 10.2. The van der Waals surface area contributed by atoms with E-state index in [0.29, 0.717) is 42.0 Å². The third-order valence-electron chi connectivity index (χ3n) is 6.40. The lowest BCUT2D eigenvalue weighted by Gasteiger charge is -2.43. The van der Waals surface area contributed by atoms with Gasteiger partial charge in [-0.3, -0.25) is 0 Å². The number of rotatable bonds is 5. The highest BCUT2D eigenvalue weighted by Gasteiger charge is 2.62. The van der Waals surface area contributed by atoms with Crippen LogP contribution >= 0.6 is 0 Å². The molecular weight excluding hydrogens is 426 g/mol. The van der Waals surface area contributed by atoms with Crippen LogP contribution in [-0.2, 0) is 10.0 Å². The molecule has 3 saturated carbocycles. The number of aryl methyl sites for hydroxylation is 1. The van der Waals surface area contributed by atoms with E-state index >= 15 is 0 Å². The van der Waals surface area contributed by atoms with Gasteiger partial charge in [0.15, 0.2) is 17.3 Å². The number of anilines is 1. The highest BCUT2D eigenvalue weighted by Crippen LogP contribution is 2.61. The largest absolute Gasteiger partial charge is 0.382 e. The number of nitrogens with two attached hydrogens (primary N) is 1. The zero-order valence-corrected chi connectivity index (χ0v) is 18.2. The van der Waals surface area contributed by atoms with Crippen LogP contribution in [0.5, 0.6) is 0 Å². The molecule has 3 aromatic rings. The monoisotopic (exact) mass is 447 g/mol. The van der Waals surface area contributed by atoms with E-state index in [1.54, 1.807) is 36.7 Å². The first kappa shape index (κ1) is 20.5. The molecular formula is C22H21N7O2S. The molecule has 162 valence electrons. The molecule has 0 saturated heterocycles. The molecule has 32 heavy (non-hydrogen) atoms. The Labute approximate surface area is 185 Å². The summed E-state index contributed by atoms with van der Waals surface area (Å²) in [7, 11) is -3.77. The van der Waals surface area contributed by atoms with Crippen molar-refractivity contribution in [3.05, 3.63) is 48.4 Å². The van der Waals surface area contributed by atoms with Crippen molar-refractivity contribution in [1.29, 1.82) is 5.26 Å². The third-order valence-corrected chi connectivity index (χ3v) is 7.97. The SMILES string of the molecule is Cc1ccc(S(=O)(=O)NC23CCC(C#N)(C2)C3)cc1-c1cnc(N)c(-c2ncccn2)n1. The lowest BCUT2D eigenvalue weighted by Crippen LogP contribution is -2.55. The highest BCUT2D eigenvalue weighted by molar-refractivity contribution is 7.89. The van der Waals surface area contributed by atoms with Crippen molar-refractivity contribution in [3.63, 3.8) is 0 Å². The third kappa shape index (κ3) is 3.30. The van der Waals surface area contributed by atoms with Crippen LogP contribution in [0.4, 0.5) is 5.82 Å². The second kappa shape index (κ2) is 7.05. The molecule has 2 aromatic heterocycles. The molecule has 3 aliphatic carbocycles. The van der Waals surface area contributed by atoms with E-state index in [9.17, 15) is 13.7 Å². The van der Waals surface area contributed by atoms with Gasteiger partial charge in [0.1, 0.15) is 0 Å². The summed E-state index contributed by atoms with van der Waals surface area (Å²) in [6.45, 7) is 1.87. The number of nitrogen functional groups attached to an aromatic ring is 1. The fraction of sp³-hybridized carbons (Fsp3) is 0.318. The number of nitrogens with one attached hydrogen (secondary N) is 1. The van der Waals surface area contributed by atoms with E-state index in [1.165, 1.54) is 6.20 Å². The van der Waals surface area contributed by atoms with Crippen molar-refractivity contribution >= 4 is 15.8 Å². The minimum absolute atomic E-state index is 0.143. The summed E-state index contributed by atoms with van der Waals surface area (Å²) in [5.41, 5.74) is 7.38. The number of nitrogens with zero attached hydrogens (tertiary/aromatic N) is 5. The molecule has 0 aliphatic heterocycles. The van der Waals surface area contributed by atoms with Gasteiger partial charge in [0, 0.05) is 23.5 Å². The Morgan fingerprint density at radius 2 is 1.91 bits per heavy atom. The number of aromatic nitrogens is 4. The van der Waals surface area contributed by atoms with Crippen molar-refractivity contribution in [2.75, 3.05) is 5.73 Å². The Bertz CT molecular complexity index is 1360. The van der Waals surface area contributed by atoms with Crippen LogP contribution in [0.25, 0.3) is 22.8 Å². The van der Waals surface area contributed by atoms with E-state index in [2.05, 4.69) is 30.7 Å². The smallest absolute Gasteiger partial charge is 0.241 e. The summed E-state index contributed by atoms with van der Waals surface area (Å²) in [6, 6.07) is 8.95. The molecule has 0 unspecified atom stereocenters. The van der Waals surface area contributed by atoms with Gasteiger partial charge in [-0.2, -0.15) is 5.26 Å². The molecule has 2 bridgehead atoms. The van der Waals surface area contributed by atoms with Crippen molar-refractivity contribution in [3.8, 4) is 28.8 Å².